The van der Waals surface area contributed by atoms with E-state index in [-0.39, 0.29) is 35.5 Å². The molecule has 0 aliphatic carbocycles. The number of hydrogen-bond acceptors (Lipinski definition) is 5. The van der Waals surface area contributed by atoms with Crippen molar-refractivity contribution in [3.63, 3.8) is 0 Å². The summed E-state index contributed by atoms with van der Waals surface area (Å²) in [5.74, 6) is 0.425. The highest BCUT2D eigenvalue weighted by atomic mass is 32.2. The van der Waals surface area contributed by atoms with Crippen LogP contribution in [0.2, 0.25) is 0 Å². The summed E-state index contributed by atoms with van der Waals surface area (Å²) in [4.78, 5) is 14.0. The molecule has 4 rings (SSSR count). The fourth-order valence-electron chi connectivity index (χ4n) is 3.46. The van der Waals surface area contributed by atoms with Gasteiger partial charge in [0.25, 0.3) is 0 Å². The molecule has 2 aromatic rings. The topological polar surface area (TPSA) is 84.9 Å². The lowest BCUT2D eigenvalue weighted by molar-refractivity contribution is -0.128. The van der Waals surface area contributed by atoms with E-state index in [1.807, 2.05) is 0 Å². The number of benzene rings is 2. The Kier molecular flexibility index (Phi) is 5.42. The molecule has 154 valence electrons. The Morgan fingerprint density at radius 2 is 1.79 bits per heavy atom. The Hall–Kier alpha value is -2.65. The number of hydrogen-bond donors (Lipinski definition) is 1. The number of nitrogens with one attached hydrogen (secondary N) is 1. The van der Waals surface area contributed by atoms with Crippen molar-refractivity contribution < 1.29 is 27.1 Å². The van der Waals surface area contributed by atoms with Crippen molar-refractivity contribution in [2.45, 2.75) is 17.9 Å². The zero-order chi connectivity index (χ0) is 20.4. The number of amides is 1. The van der Waals surface area contributed by atoms with Gasteiger partial charge in [0.05, 0.1) is 4.90 Å². The van der Waals surface area contributed by atoms with Crippen LogP contribution in [0.1, 0.15) is 12.0 Å². The fraction of sp³-hybridized carbons (Fsp3) is 0.350. The smallest absolute Gasteiger partial charge is 0.240 e. The Bertz CT molecular complexity index is 1010. The summed E-state index contributed by atoms with van der Waals surface area (Å²) in [6.07, 6.45) is 0.269. The molecule has 0 spiro atoms. The van der Waals surface area contributed by atoms with Gasteiger partial charge in [-0.15, -0.1) is 0 Å². The standard InChI is InChI=1S/C20H21FN2O5S/c21-16-3-1-14(2-4-16)12-23-13-15(9-20(23)24)11-22-29(25,26)17-5-6-18-19(10-17)28-8-7-27-18/h1-6,10,15,22H,7-9,11-13H2. The van der Waals surface area contributed by atoms with Crippen LogP contribution in [-0.4, -0.2) is 45.5 Å². The van der Waals surface area contributed by atoms with Crippen LogP contribution in [0.15, 0.2) is 47.4 Å². The zero-order valence-electron chi connectivity index (χ0n) is 15.6. The van der Waals surface area contributed by atoms with E-state index < -0.39 is 10.0 Å². The number of halogens is 1. The van der Waals surface area contributed by atoms with Gasteiger partial charge in [0.2, 0.25) is 15.9 Å². The number of carbonyl (C=O) groups excluding carboxylic acids is 1. The fourth-order valence-corrected chi connectivity index (χ4v) is 4.59. The SMILES string of the molecule is O=C1CC(CNS(=O)(=O)c2ccc3c(c2)OCCO3)CN1Cc1ccc(F)cc1. The van der Waals surface area contributed by atoms with E-state index in [9.17, 15) is 17.6 Å². The van der Waals surface area contributed by atoms with E-state index in [1.165, 1.54) is 24.3 Å². The number of ether oxygens (including phenoxy) is 2. The van der Waals surface area contributed by atoms with E-state index in [0.717, 1.165) is 5.56 Å². The van der Waals surface area contributed by atoms with Gasteiger partial charge >= 0.3 is 0 Å². The van der Waals surface area contributed by atoms with Gasteiger partial charge < -0.3 is 14.4 Å². The first-order chi connectivity index (χ1) is 13.9. The normalized spacial score (nSPS) is 18.9. The molecule has 2 aromatic carbocycles. The first-order valence-corrected chi connectivity index (χ1v) is 10.8. The zero-order valence-corrected chi connectivity index (χ0v) is 16.5. The van der Waals surface area contributed by atoms with Crippen molar-refractivity contribution in [1.82, 2.24) is 9.62 Å². The molecule has 2 aliphatic rings. The molecule has 0 radical (unpaired) electrons. The van der Waals surface area contributed by atoms with Crippen LogP contribution in [-0.2, 0) is 21.4 Å². The summed E-state index contributed by atoms with van der Waals surface area (Å²) in [5, 5.41) is 0. The Morgan fingerprint density at radius 1 is 1.07 bits per heavy atom. The Morgan fingerprint density at radius 3 is 2.55 bits per heavy atom. The Labute approximate surface area is 168 Å². The monoisotopic (exact) mass is 420 g/mol. The summed E-state index contributed by atoms with van der Waals surface area (Å²) >= 11 is 0. The van der Waals surface area contributed by atoms with E-state index in [0.29, 0.717) is 37.8 Å². The number of likely N-dealkylation sites (tertiary alicyclic amines) is 1. The predicted molar refractivity (Wildman–Crippen MR) is 103 cm³/mol. The van der Waals surface area contributed by atoms with Crippen LogP contribution in [0.5, 0.6) is 11.5 Å². The van der Waals surface area contributed by atoms with E-state index >= 15 is 0 Å². The lowest BCUT2D eigenvalue weighted by atomic mass is 10.1. The molecular formula is C20H21FN2O5S. The predicted octanol–water partition coefficient (Wildman–Crippen LogP) is 1.92. The third kappa shape index (κ3) is 4.51. The van der Waals surface area contributed by atoms with Crippen molar-refractivity contribution in [2.24, 2.45) is 5.92 Å². The van der Waals surface area contributed by atoms with Crippen LogP contribution in [0.3, 0.4) is 0 Å². The van der Waals surface area contributed by atoms with Gasteiger partial charge in [-0.05, 0) is 35.7 Å². The maximum atomic E-state index is 13.0. The molecule has 1 unspecified atom stereocenters. The molecule has 1 amide bonds. The molecule has 2 heterocycles. The molecule has 1 N–H and O–H groups in total. The molecule has 0 aromatic heterocycles. The molecular weight excluding hydrogens is 399 g/mol. The average Bonchev–Trinajstić information content (AvgIpc) is 3.07. The quantitative estimate of drug-likeness (QED) is 0.772. The number of sulfonamides is 1. The molecule has 2 aliphatic heterocycles. The lowest BCUT2D eigenvalue weighted by Gasteiger charge is -2.19. The van der Waals surface area contributed by atoms with Crippen LogP contribution < -0.4 is 14.2 Å². The van der Waals surface area contributed by atoms with Crippen molar-refractivity contribution in [1.29, 1.82) is 0 Å². The number of fused-ring (bicyclic) bond motifs is 1. The lowest BCUT2D eigenvalue weighted by Crippen LogP contribution is -2.31. The average molecular weight is 420 g/mol. The van der Waals surface area contributed by atoms with Gasteiger partial charge in [-0.25, -0.2) is 17.5 Å². The summed E-state index contributed by atoms with van der Waals surface area (Å²) in [6.45, 7) is 1.78. The number of carbonyl (C=O) groups is 1. The highest BCUT2D eigenvalue weighted by molar-refractivity contribution is 7.89. The first kappa shape index (κ1) is 19.7. The highest BCUT2D eigenvalue weighted by Crippen LogP contribution is 2.32. The second-order valence-electron chi connectivity index (χ2n) is 7.13. The summed E-state index contributed by atoms with van der Waals surface area (Å²) in [5.41, 5.74) is 0.831. The first-order valence-electron chi connectivity index (χ1n) is 9.32. The molecule has 1 saturated heterocycles. The van der Waals surface area contributed by atoms with Crippen molar-refractivity contribution >= 4 is 15.9 Å². The van der Waals surface area contributed by atoms with Gasteiger partial charge in [0.1, 0.15) is 19.0 Å². The van der Waals surface area contributed by atoms with Gasteiger partial charge in [-0.3, -0.25) is 4.79 Å². The van der Waals surface area contributed by atoms with Gasteiger partial charge in [-0.1, -0.05) is 12.1 Å². The van der Waals surface area contributed by atoms with Crippen LogP contribution in [0, 0.1) is 11.7 Å². The minimum absolute atomic E-state index is 0.0437. The summed E-state index contributed by atoms with van der Waals surface area (Å²) in [6, 6.07) is 10.5. The molecule has 7 nitrogen and oxygen atoms in total. The van der Waals surface area contributed by atoms with Crippen molar-refractivity contribution in [3.05, 3.63) is 53.8 Å². The van der Waals surface area contributed by atoms with Gasteiger partial charge in [0.15, 0.2) is 11.5 Å². The second-order valence-corrected chi connectivity index (χ2v) is 8.90. The van der Waals surface area contributed by atoms with E-state index in [1.54, 1.807) is 23.1 Å². The van der Waals surface area contributed by atoms with E-state index in [2.05, 4.69) is 4.72 Å². The maximum Gasteiger partial charge on any atom is 0.240 e. The van der Waals surface area contributed by atoms with Crippen LogP contribution >= 0.6 is 0 Å². The van der Waals surface area contributed by atoms with Crippen molar-refractivity contribution in [3.8, 4) is 11.5 Å². The molecule has 1 atom stereocenters. The Balaban J connectivity index is 1.36. The minimum Gasteiger partial charge on any atom is -0.486 e. The number of rotatable bonds is 6. The molecule has 0 saturated carbocycles. The second kappa shape index (κ2) is 8.00. The molecule has 29 heavy (non-hydrogen) atoms. The van der Waals surface area contributed by atoms with Crippen LogP contribution in [0.25, 0.3) is 0 Å². The van der Waals surface area contributed by atoms with E-state index in [4.69, 9.17) is 9.47 Å². The third-order valence-corrected chi connectivity index (χ3v) is 6.39. The largest absolute Gasteiger partial charge is 0.486 e. The third-order valence-electron chi connectivity index (χ3n) is 4.97. The highest BCUT2D eigenvalue weighted by Gasteiger charge is 2.30. The summed E-state index contributed by atoms with van der Waals surface area (Å²) in [7, 11) is -3.74. The van der Waals surface area contributed by atoms with Crippen LogP contribution in [0.4, 0.5) is 4.39 Å². The molecule has 9 heteroatoms. The number of nitrogens with zero attached hydrogens (tertiary/aromatic N) is 1. The minimum atomic E-state index is -3.74. The molecule has 0 bridgehead atoms. The molecule has 1 fully saturated rings. The van der Waals surface area contributed by atoms with Gasteiger partial charge in [-0.2, -0.15) is 0 Å². The van der Waals surface area contributed by atoms with Crippen molar-refractivity contribution in [2.75, 3.05) is 26.3 Å². The maximum absolute atomic E-state index is 13.0. The summed E-state index contributed by atoms with van der Waals surface area (Å²) < 4.78 is 51.7. The van der Waals surface area contributed by atoms with Gasteiger partial charge in [0, 0.05) is 32.1 Å².